The molecule has 9 heteroatoms. The lowest BCUT2D eigenvalue weighted by Crippen LogP contribution is -2.40. The van der Waals surface area contributed by atoms with Crippen LogP contribution in [0.2, 0.25) is 0 Å². The highest BCUT2D eigenvalue weighted by Crippen LogP contribution is 1.96. The van der Waals surface area contributed by atoms with Gasteiger partial charge in [-0.15, -0.1) is 5.10 Å². The average molecular weight is 255 g/mol. The summed E-state index contributed by atoms with van der Waals surface area (Å²) in [5.74, 6) is -2.23. The van der Waals surface area contributed by atoms with Crippen molar-refractivity contribution in [1.29, 1.82) is 0 Å². The lowest BCUT2D eigenvalue weighted by molar-refractivity contribution is -0.135. The summed E-state index contributed by atoms with van der Waals surface area (Å²) in [6.07, 6.45) is 1.14. The minimum absolute atomic E-state index is 0.185. The van der Waals surface area contributed by atoms with E-state index in [1.165, 1.54) is 4.90 Å². The molecule has 0 atom stereocenters. The van der Waals surface area contributed by atoms with E-state index in [-0.39, 0.29) is 18.8 Å². The lowest BCUT2D eigenvalue weighted by atomic mass is 10.4. The quantitative estimate of drug-likeness (QED) is 0.623. The number of aromatic carboxylic acids is 1. The Bertz CT molecular complexity index is 469. The van der Waals surface area contributed by atoms with Crippen LogP contribution in [-0.2, 0) is 16.1 Å². The maximum Gasteiger partial charge on any atom is 0.358 e. The van der Waals surface area contributed by atoms with Crippen LogP contribution < -0.4 is 5.73 Å². The van der Waals surface area contributed by atoms with Gasteiger partial charge in [0.1, 0.15) is 6.54 Å². The van der Waals surface area contributed by atoms with E-state index in [0.29, 0.717) is 6.54 Å². The number of likely N-dealkylation sites (N-methyl/N-ethyl adjacent to an activating group) is 1. The number of nitrogens with two attached hydrogens (primary N) is 1. The van der Waals surface area contributed by atoms with E-state index in [9.17, 15) is 14.4 Å². The average Bonchev–Trinajstić information content (AvgIpc) is 2.74. The smallest absolute Gasteiger partial charge is 0.358 e. The van der Waals surface area contributed by atoms with Crippen molar-refractivity contribution in [3.8, 4) is 0 Å². The zero-order valence-corrected chi connectivity index (χ0v) is 9.74. The topological polar surface area (TPSA) is 131 Å². The van der Waals surface area contributed by atoms with Crippen LogP contribution in [0.4, 0.5) is 0 Å². The van der Waals surface area contributed by atoms with Gasteiger partial charge in [0.2, 0.25) is 11.8 Å². The number of carbonyl (C=O) groups excluding carboxylic acids is 2. The molecule has 1 rings (SSSR count). The van der Waals surface area contributed by atoms with Gasteiger partial charge < -0.3 is 15.7 Å². The number of amides is 2. The molecule has 0 fully saturated rings. The molecule has 0 bridgehead atoms. The zero-order chi connectivity index (χ0) is 13.7. The predicted molar refractivity (Wildman–Crippen MR) is 58.4 cm³/mol. The van der Waals surface area contributed by atoms with Crippen LogP contribution in [0.15, 0.2) is 6.20 Å². The number of carboxylic acids is 1. The van der Waals surface area contributed by atoms with Gasteiger partial charge in [0.15, 0.2) is 5.69 Å². The van der Waals surface area contributed by atoms with Gasteiger partial charge in [0.25, 0.3) is 0 Å². The van der Waals surface area contributed by atoms with Gasteiger partial charge in [-0.3, -0.25) is 9.59 Å². The summed E-state index contributed by atoms with van der Waals surface area (Å²) in [6, 6.07) is 0. The van der Waals surface area contributed by atoms with Crippen molar-refractivity contribution in [2.75, 3.05) is 13.1 Å². The highest BCUT2D eigenvalue weighted by atomic mass is 16.4. The third-order valence-electron chi connectivity index (χ3n) is 2.14. The molecule has 1 heterocycles. The molecule has 0 aliphatic carbocycles. The van der Waals surface area contributed by atoms with Crippen molar-refractivity contribution in [3.63, 3.8) is 0 Å². The number of primary amides is 1. The number of aromatic nitrogens is 3. The molecule has 0 saturated carbocycles. The van der Waals surface area contributed by atoms with Gasteiger partial charge in [-0.1, -0.05) is 5.21 Å². The van der Waals surface area contributed by atoms with E-state index in [1.807, 2.05) is 0 Å². The maximum absolute atomic E-state index is 11.7. The fraction of sp³-hybridized carbons (Fsp3) is 0.444. The summed E-state index contributed by atoms with van der Waals surface area (Å²) in [5.41, 5.74) is 4.75. The van der Waals surface area contributed by atoms with Gasteiger partial charge in [-0.2, -0.15) is 0 Å². The molecule has 0 radical (unpaired) electrons. The van der Waals surface area contributed by atoms with Crippen LogP contribution in [-0.4, -0.2) is 55.9 Å². The van der Waals surface area contributed by atoms with Gasteiger partial charge >= 0.3 is 5.97 Å². The minimum Gasteiger partial charge on any atom is -0.476 e. The first-order valence-corrected chi connectivity index (χ1v) is 5.13. The van der Waals surface area contributed by atoms with Crippen molar-refractivity contribution in [2.45, 2.75) is 13.5 Å². The molecule has 0 spiro atoms. The van der Waals surface area contributed by atoms with Gasteiger partial charge in [0, 0.05) is 6.54 Å². The van der Waals surface area contributed by atoms with E-state index < -0.39 is 17.8 Å². The van der Waals surface area contributed by atoms with Gasteiger partial charge in [-0.05, 0) is 6.92 Å². The fourth-order valence-corrected chi connectivity index (χ4v) is 1.28. The Hall–Kier alpha value is -2.45. The van der Waals surface area contributed by atoms with Crippen molar-refractivity contribution < 1.29 is 19.5 Å². The van der Waals surface area contributed by atoms with Crippen molar-refractivity contribution >= 4 is 17.8 Å². The third-order valence-corrected chi connectivity index (χ3v) is 2.14. The first-order valence-electron chi connectivity index (χ1n) is 5.13. The normalized spacial score (nSPS) is 10.1. The molecule has 18 heavy (non-hydrogen) atoms. The van der Waals surface area contributed by atoms with Gasteiger partial charge in [0.05, 0.1) is 12.7 Å². The fourth-order valence-electron chi connectivity index (χ4n) is 1.28. The molecule has 1 aromatic heterocycles. The summed E-state index contributed by atoms with van der Waals surface area (Å²) in [5, 5.41) is 15.5. The molecular weight excluding hydrogens is 242 g/mol. The summed E-state index contributed by atoms with van der Waals surface area (Å²) in [4.78, 5) is 34.3. The highest BCUT2D eigenvalue weighted by Gasteiger charge is 2.16. The first-order chi connectivity index (χ1) is 8.43. The summed E-state index contributed by atoms with van der Waals surface area (Å²) >= 11 is 0. The molecule has 1 aromatic rings. The third kappa shape index (κ3) is 3.54. The van der Waals surface area contributed by atoms with Crippen LogP contribution >= 0.6 is 0 Å². The van der Waals surface area contributed by atoms with Crippen molar-refractivity contribution in [1.82, 2.24) is 19.9 Å². The number of carbonyl (C=O) groups is 3. The molecule has 0 aliphatic heterocycles. The van der Waals surface area contributed by atoms with E-state index >= 15 is 0 Å². The molecule has 98 valence electrons. The second kappa shape index (κ2) is 5.75. The lowest BCUT2D eigenvalue weighted by Gasteiger charge is -2.18. The van der Waals surface area contributed by atoms with Crippen LogP contribution in [0.3, 0.4) is 0 Å². The number of nitrogens with zero attached hydrogens (tertiary/aromatic N) is 4. The second-order valence-corrected chi connectivity index (χ2v) is 3.48. The molecule has 0 saturated heterocycles. The van der Waals surface area contributed by atoms with E-state index in [4.69, 9.17) is 10.8 Å². The number of carboxylic acid groups (broad SMARTS) is 1. The largest absolute Gasteiger partial charge is 0.476 e. The van der Waals surface area contributed by atoms with Crippen LogP contribution in [0.5, 0.6) is 0 Å². The Labute approximate surface area is 102 Å². The Morgan fingerprint density at radius 2 is 2.17 bits per heavy atom. The van der Waals surface area contributed by atoms with E-state index in [0.717, 1.165) is 10.9 Å². The molecule has 9 nitrogen and oxygen atoms in total. The molecular formula is C9H13N5O4. The Balaban J connectivity index is 2.67. The minimum atomic E-state index is -1.22. The number of hydrogen-bond acceptors (Lipinski definition) is 5. The van der Waals surface area contributed by atoms with Crippen molar-refractivity contribution in [3.05, 3.63) is 11.9 Å². The number of rotatable bonds is 6. The molecule has 0 aromatic carbocycles. The molecule has 2 amide bonds. The Morgan fingerprint density at radius 3 is 2.61 bits per heavy atom. The summed E-state index contributed by atoms with van der Waals surface area (Å²) < 4.78 is 1.09. The summed E-state index contributed by atoms with van der Waals surface area (Å²) in [7, 11) is 0. The van der Waals surface area contributed by atoms with Crippen molar-refractivity contribution in [2.24, 2.45) is 5.73 Å². The monoisotopic (exact) mass is 255 g/mol. The Kier molecular flexibility index (Phi) is 4.35. The van der Waals surface area contributed by atoms with Crippen LogP contribution in [0, 0.1) is 0 Å². The van der Waals surface area contributed by atoms with E-state index in [1.54, 1.807) is 6.92 Å². The highest BCUT2D eigenvalue weighted by molar-refractivity contribution is 5.85. The SMILES string of the molecule is CCN(CC(N)=O)C(=O)Cn1cc(C(=O)O)nn1. The van der Waals surface area contributed by atoms with Gasteiger partial charge in [-0.25, -0.2) is 9.48 Å². The zero-order valence-electron chi connectivity index (χ0n) is 9.74. The molecule has 3 N–H and O–H groups in total. The maximum atomic E-state index is 11.7. The first kappa shape index (κ1) is 13.6. The number of hydrogen-bond donors (Lipinski definition) is 2. The molecule has 0 unspecified atom stereocenters. The molecule has 0 aliphatic rings. The Morgan fingerprint density at radius 1 is 1.50 bits per heavy atom. The van der Waals surface area contributed by atoms with Crippen LogP contribution in [0.25, 0.3) is 0 Å². The predicted octanol–water partition coefficient (Wildman–Crippen LogP) is -1.69. The standard InChI is InChI=1S/C9H13N5O4/c1-2-13(4-7(10)15)8(16)5-14-3-6(9(17)18)11-12-14/h3H,2,4-5H2,1H3,(H2,10,15)(H,17,18). The second-order valence-electron chi connectivity index (χ2n) is 3.48. The van der Waals surface area contributed by atoms with E-state index in [2.05, 4.69) is 10.3 Å². The van der Waals surface area contributed by atoms with Crippen LogP contribution in [0.1, 0.15) is 17.4 Å². The summed E-state index contributed by atoms with van der Waals surface area (Å²) in [6.45, 7) is 1.64.